The maximum Gasteiger partial charge on any atom is 0.191 e. The number of nitrogens with one attached hydrogen (secondary N) is 2. The van der Waals surface area contributed by atoms with Gasteiger partial charge in [0.15, 0.2) is 5.96 Å². The first-order valence-electron chi connectivity index (χ1n) is 10.4. The molecule has 2 saturated heterocycles. The van der Waals surface area contributed by atoms with E-state index in [4.69, 9.17) is 25.8 Å². The van der Waals surface area contributed by atoms with Gasteiger partial charge in [0.1, 0.15) is 5.75 Å². The second kappa shape index (κ2) is 13.4. The van der Waals surface area contributed by atoms with Gasteiger partial charge in [0, 0.05) is 56.9 Å². The van der Waals surface area contributed by atoms with E-state index in [1.807, 2.05) is 18.2 Å². The predicted octanol–water partition coefficient (Wildman–Crippen LogP) is 3.15. The van der Waals surface area contributed by atoms with Gasteiger partial charge >= 0.3 is 0 Å². The number of ether oxygens (including phenoxy) is 3. The molecule has 0 aromatic heterocycles. The highest BCUT2D eigenvalue weighted by Crippen LogP contribution is 2.33. The number of benzene rings is 1. The second-order valence-corrected chi connectivity index (χ2v) is 7.99. The maximum absolute atomic E-state index is 6.18. The minimum atomic E-state index is 0. The first-order valence-corrected chi connectivity index (χ1v) is 10.8. The van der Waals surface area contributed by atoms with E-state index < -0.39 is 0 Å². The van der Waals surface area contributed by atoms with Gasteiger partial charge in [-0.2, -0.15) is 0 Å². The van der Waals surface area contributed by atoms with Crippen molar-refractivity contribution in [1.82, 2.24) is 10.6 Å². The Morgan fingerprint density at radius 2 is 2.23 bits per heavy atom. The van der Waals surface area contributed by atoms with Crippen LogP contribution >= 0.6 is 35.6 Å². The van der Waals surface area contributed by atoms with E-state index in [1.54, 1.807) is 14.2 Å². The Balaban J connectivity index is 0.00000320. The van der Waals surface area contributed by atoms with Crippen LogP contribution in [0.2, 0.25) is 5.02 Å². The van der Waals surface area contributed by atoms with Gasteiger partial charge in [-0.3, -0.25) is 4.99 Å². The molecule has 2 aliphatic rings. The Bertz CT molecular complexity index is 674. The van der Waals surface area contributed by atoms with Crippen molar-refractivity contribution in [2.45, 2.75) is 25.3 Å². The summed E-state index contributed by atoms with van der Waals surface area (Å²) in [5.41, 5.74) is 1.04. The van der Waals surface area contributed by atoms with Crippen LogP contribution in [0.15, 0.2) is 23.2 Å². The predicted molar refractivity (Wildman–Crippen MR) is 133 cm³/mol. The summed E-state index contributed by atoms with van der Waals surface area (Å²) in [6.07, 6.45) is 3.10. The molecule has 2 atom stereocenters. The summed E-state index contributed by atoms with van der Waals surface area (Å²) < 4.78 is 16.6. The lowest BCUT2D eigenvalue weighted by molar-refractivity contribution is 0.0888. The zero-order valence-corrected chi connectivity index (χ0v) is 20.9. The summed E-state index contributed by atoms with van der Waals surface area (Å²) >= 11 is 6.18. The molecule has 30 heavy (non-hydrogen) atoms. The Morgan fingerprint density at radius 3 is 2.97 bits per heavy atom. The summed E-state index contributed by atoms with van der Waals surface area (Å²) in [5, 5.41) is 7.62. The highest BCUT2D eigenvalue weighted by Gasteiger charge is 2.25. The van der Waals surface area contributed by atoms with Crippen LogP contribution in [0.3, 0.4) is 0 Å². The number of rotatable bonds is 9. The van der Waals surface area contributed by atoms with E-state index in [-0.39, 0.29) is 24.0 Å². The molecule has 2 heterocycles. The first kappa shape index (κ1) is 25.3. The van der Waals surface area contributed by atoms with Crippen molar-refractivity contribution in [3.63, 3.8) is 0 Å². The minimum absolute atomic E-state index is 0. The lowest BCUT2D eigenvalue weighted by Crippen LogP contribution is -2.45. The molecule has 0 bridgehead atoms. The van der Waals surface area contributed by atoms with E-state index in [0.717, 1.165) is 87.7 Å². The smallest absolute Gasteiger partial charge is 0.191 e. The molecule has 2 fully saturated rings. The van der Waals surface area contributed by atoms with Crippen LogP contribution in [0.5, 0.6) is 5.75 Å². The van der Waals surface area contributed by atoms with Gasteiger partial charge in [0.25, 0.3) is 0 Å². The molecule has 0 amide bonds. The summed E-state index contributed by atoms with van der Waals surface area (Å²) in [5.74, 6) is 2.25. The molecule has 2 aliphatic heterocycles. The zero-order valence-electron chi connectivity index (χ0n) is 17.9. The number of aliphatic imine (C=N–C) groups is 1. The number of anilines is 1. The highest BCUT2D eigenvalue weighted by atomic mass is 127. The largest absolute Gasteiger partial charge is 0.495 e. The van der Waals surface area contributed by atoms with Crippen molar-refractivity contribution in [2.24, 2.45) is 10.9 Å². The molecule has 0 spiro atoms. The molecule has 0 saturated carbocycles. The number of nitrogens with zero attached hydrogens (tertiary/aromatic N) is 2. The second-order valence-electron chi connectivity index (χ2n) is 7.55. The summed E-state index contributed by atoms with van der Waals surface area (Å²) in [4.78, 5) is 6.65. The van der Waals surface area contributed by atoms with Crippen molar-refractivity contribution in [3.8, 4) is 5.75 Å². The first-order chi connectivity index (χ1) is 14.2. The van der Waals surface area contributed by atoms with Gasteiger partial charge in [-0.15, -0.1) is 24.0 Å². The Hall–Kier alpha value is -0.970. The lowest BCUT2D eigenvalue weighted by atomic mass is 10.1. The van der Waals surface area contributed by atoms with Crippen LogP contribution in [-0.4, -0.2) is 72.2 Å². The quantitative estimate of drug-likeness (QED) is 0.212. The van der Waals surface area contributed by atoms with E-state index >= 15 is 0 Å². The molecular weight excluding hydrogens is 519 g/mol. The summed E-state index contributed by atoms with van der Waals surface area (Å²) in [7, 11) is 3.49. The third-order valence-corrected chi connectivity index (χ3v) is 5.60. The molecule has 9 heteroatoms. The van der Waals surface area contributed by atoms with Crippen molar-refractivity contribution in [1.29, 1.82) is 0 Å². The molecule has 0 aliphatic carbocycles. The standard InChI is InChI=1S/C21H33ClN4O3.HI/c1-23-21(24-8-3-10-28-14-16-7-11-29-15-16)25-18-6-9-26(13-18)19-12-17(22)4-5-20(19)27-2;/h4-5,12,16,18H,3,6-11,13-15H2,1-2H3,(H2,23,24,25);1H. The van der Waals surface area contributed by atoms with E-state index in [1.165, 1.54) is 0 Å². The summed E-state index contributed by atoms with van der Waals surface area (Å²) in [6.45, 7) is 5.94. The van der Waals surface area contributed by atoms with E-state index in [9.17, 15) is 0 Å². The molecule has 2 unspecified atom stereocenters. The molecule has 2 N–H and O–H groups in total. The van der Waals surface area contributed by atoms with Crippen molar-refractivity contribution in [2.75, 3.05) is 65.1 Å². The van der Waals surface area contributed by atoms with Gasteiger partial charge in [-0.25, -0.2) is 0 Å². The van der Waals surface area contributed by atoms with Crippen LogP contribution in [0.1, 0.15) is 19.3 Å². The molecule has 7 nitrogen and oxygen atoms in total. The SMILES string of the molecule is CN=C(NCCCOCC1CCOC1)NC1CCN(c2cc(Cl)ccc2OC)C1.I. The van der Waals surface area contributed by atoms with Crippen LogP contribution < -0.4 is 20.3 Å². The van der Waals surface area contributed by atoms with Crippen molar-refractivity contribution < 1.29 is 14.2 Å². The van der Waals surface area contributed by atoms with Crippen LogP contribution in [0, 0.1) is 5.92 Å². The molecular formula is C21H34ClIN4O3. The van der Waals surface area contributed by atoms with Crippen molar-refractivity contribution in [3.05, 3.63) is 23.2 Å². The average molecular weight is 553 g/mol. The monoisotopic (exact) mass is 552 g/mol. The van der Waals surface area contributed by atoms with E-state index in [2.05, 4.69) is 20.5 Å². The third-order valence-electron chi connectivity index (χ3n) is 5.37. The Kier molecular flexibility index (Phi) is 11.3. The van der Waals surface area contributed by atoms with Gasteiger partial charge in [0.05, 0.1) is 26.0 Å². The van der Waals surface area contributed by atoms with E-state index in [0.29, 0.717) is 12.0 Å². The fraction of sp³-hybridized carbons (Fsp3) is 0.667. The van der Waals surface area contributed by atoms with Gasteiger partial charge in [0.2, 0.25) is 0 Å². The maximum atomic E-state index is 6.18. The fourth-order valence-corrected chi connectivity index (χ4v) is 3.91. The van der Waals surface area contributed by atoms with Crippen LogP contribution in [0.25, 0.3) is 0 Å². The average Bonchev–Trinajstić information content (AvgIpc) is 3.41. The van der Waals surface area contributed by atoms with Gasteiger partial charge in [-0.05, 0) is 37.5 Å². The molecule has 1 aromatic carbocycles. The van der Waals surface area contributed by atoms with Crippen LogP contribution in [0.4, 0.5) is 5.69 Å². The highest BCUT2D eigenvalue weighted by molar-refractivity contribution is 14.0. The molecule has 170 valence electrons. The molecule has 0 radical (unpaired) electrons. The van der Waals surface area contributed by atoms with Gasteiger partial charge < -0.3 is 29.7 Å². The normalized spacial score (nSPS) is 21.4. The Morgan fingerprint density at radius 1 is 1.37 bits per heavy atom. The number of halogens is 2. The van der Waals surface area contributed by atoms with Crippen LogP contribution in [-0.2, 0) is 9.47 Å². The lowest BCUT2D eigenvalue weighted by Gasteiger charge is -2.22. The number of hydrogen-bond acceptors (Lipinski definition) is 5. The number of hydrogen-bond donors (Lipinski definition) is 2. The molecule has 1 aromatic rings. The minimum Gasteiger partial charge on any atom is -0.495 e. The molecule has 3 rings (SSSR count). The fourth-order valence-electron chi connectivity index (χ4n) is 3.74. The Labute approximate surface area is 201 Å². The topological polar surface area (TPSA) is 67.4 Å². The summed E-state index contributed by atoms with van der Waals surface area (Å²) in [6, 6.07) is 6.06. The van der Waals surface area contributed by atoms with Gasteiger partial charge in [-0.1, -0.05) is 11.6 Å². The number of guanidine groups is 1. The number of methoxy groups -OCH3 is 1. The zero-order chi connectivity index (χ0) is 20.5. The van der Waals surface area contributed by atoms with Crippen molar-refractivity contribution >= 4 is 47.2 Å². The third kappa shape index (κ3) is 7.62.